The lowest BCUT2D eigenvalue weighted by Crippen LogP contribution is -2.27. The Bertz CT molecular complexity index is 517. The van der Waals surface area contributed by atoms with Crippen LogP contribution in [0.3, 0.4) is 0 Å². The number of hydrogen-bond donors (Lipinski definition) is 0. The highest BCUT2D eigenvalue weighted by molar-refractivity contribution is 9.09. The smallest absolute Gasteiger partial charge is 0.0722 e. The van der Waals surface area contributed by atoms with Crippen LogP contribution in [0.4, 0.5) is 5.69 Å². The van der Waals surface area contributed by atoms with E-state index in [1.807, 2.05) is 12.3 Å². The van der Waals surface area contributed by atoms with Crippen LogP contribution in [0.25, 0.3) is 10.9 Å². The molecule has 0 N–H and O–H groups in total. The molecule has 0 unspecified atom stereocenters. The molecule has 0 atom stereocenters. The van der Waals surface area contributed by atoms with Crippen molar-refractivity contribution < 1.29 is 0 Å². The van der Waals surface area contributed by atoms with E-state index in [2.05, 4.69) is 50.1 Å². The minimum atomic E-state index is 0.735. The van der Waals surface area contributed by atoms with Crippen molar-refractivity contribution in [3.05, 3.63) is 36.5 Å². The Morgan fingerprint density at radius 2 is 2.06 bits per heavy atom. The molecule has 0 saturated heterocycles. The van der Waals surface area contributed by atoms with Gasteiger partial charge in [0, 0.05) is 35.2 Å². The Balaban J connectivity index is 2.08. The maximum absolute atomic E-state index is 4.43. The maximum atomic E-state index is 4.43. The number of pyridine rings is 1. The van der Waals surface area contributed by atoms with Gasteiger partial charge in [0.2, 0.25) is 0 Å². The molecule has 3 heteroatoms. The van der Waals surface area contributed by atoms with Crippen LogP contribution >= 0.6 is 15.9 Å². The van der Waals surface area contributed by atoms with E-state index in [1.165, 1.54) is 23.9 Å². The first-order valence-corrected chi connectivity index (χ1v) is 7.18. The van der Waals surface area contributed by atoms with E-state index < -0.39 is 0 Å². The van der Waals surface area contributed by atoms with Crippen molar-refractivity contribution in [3.63, 3.8) is 0 Å². The lowest BCUT2D eigenvalue weighted by Gasteiger charge is -2.25. The fourth-order valence-electron chi connectivity index (χ4n) is 2.31. The molecular weight excluding hydrogens is 276 g/mol. The van der Waals surface area contributed by atoms with Crippen molar-refractivity contribution in [2.75, 3.05) is 16.8 Å². The van der Waals surface area contributed by atoms with Crippen molar-refractivity contribution in [3.8, 4) is 0 Å². The van der Waals surface area contributed by atoms with Crippen LogP contribution in [-0.2, 0) is 0 Å². The molecule has 88 valence electrons. The standard InChI is InChI=1S/C14H15BrN2/c15-8-10-17(11-5-6-11)14-7-9-16-13-4-2-1-3-12(13)14/h1-4,7,9,11H,5-6,8,10H2. The molecule has 1 saturated carbocycles. The van der Waals surface area contributed by atoms with E-state index in [9.17, 15) is 0 Å². The van der Waals surface area contributed by atoms with Gasteiger partial charge in [-0.15, -0.1) is 0 Å². The first-order valence-electron chi connectivity index (χ1n) is 6.06. The van der Waals surface area contributed by atoms with Gasteiger partial charge >= 0.3 is 0 Å². The van der Waals surface area contributed by atoms with E-state index in [1.54, 1.807) is 0 Å². The van der Waals surface area contributed by atoms with Gasteiger partial charge < -0.3 is 4.90 Å². The normalized spacial score (nSPS) is 15.1. The Kier molecular flexibility index (Phi) is 3.02. The summed E-state index contributed by atoms with van der Waals surface area (Å²) in [7, 11) is 0. The number of benzene rings is 1. The number of nitrogens with zero attached hydrogens (tertiary/aromatic N) is 2. The third-order valence-corrected chi connectivity index (χ3v) is 3.60. The number of para-hydroxylation sites is 1. The molecule has 1 heterocycles. The van der Waals surface area contributed by atoms with E-state index >= 15 is 0 Å². The Labute approximate surface area is 110 Å². The van der Waals surface area contributed by atoms with E-state index in [4.69, 9.17) is 0 Å². The molecule has 0 aliphatic heterocycles. The van der Waals surface area contributed by atoms with E-state index in [0.717, 1.165) is 23.4 Å². The average molecular weight is 291 g/mol. The van der Waals surface area contributed by atoms with Gasteiger partial charge in [0.15, 0.2) is 0 Å². The lowest BCUT2D eigenvalue weighted by atomic mass is 10.1. The molecule has 2 nitrogen and oxygen atoms in total. The predicted octanol–water partition coefficient (Wildman–Crippen LogP) is 3.60. The average Bonchev–Trinajstić information content (AvgIpc) is 3.20. The molecule has 17 heavy (non-hydrogen) atoms. The molecule has 1 fully saturated rings. The number of aromatic nitrogens is 1. The summed E-state index contributed by atoms with van der Waals surface area (Å²) in [5.41, 5.74) is 2.42. The number of alkyl halides is 1. The molecule has 0 spiro atoms. The molecule has 1 aliphatic rings. The quantitative estimate of drug-likeness (QED) is 0.800. The third kappa shape index (κ3) is 2.16. The van der Waals surface area contributed by atoms with Crippen LogP contribution in [-0.4, -0.2) is 22.9 Å². The molecule has 2 aromatic rings. The summed E-state index contributed by atoms with van der Waals surface area (Å²) >= 11 is 3.55. The van der Waals surface area contributed by atoms with Crippen molar-refractivity contribution in [1.29, 1.82) is 0 Å². The molecule has 1 aromatic carbocycles. The third-order valence-electron chi connectivity index (χ3n) is 3.25. The highest BCUT2D eigenvalue weighted by Gasteiger charge is 2.29. The van der Waals surface area contributed by atoms with Gasteiger partial charge in [-0.1, -0.05) is 34.1 Å². The number of halogens is 1. The summed E-state index contributed by atoms with van der Waals surface area (Å²) in [5.74, 6) is 0. The second kappa shape index (κ2) is 4.65. The minimum absolute atomic E-state index is 0.735. The lowest BCUT2D eigenvalue weighted by molar-refractivity contribution is 0.838. The molecule has 1 aliphatic carbocycles. The summed E-state index contributed by atoms with van der Waals surface area (Å²) < 4.78 is 0. The zero-order chi connectivity index (χ0) is 11.7. The predicted molar refractivity (Wildman–Crippen MR) is 75.9 cm³/mol. The van der Waals surface area contributed by atoms with Crippen molar-refractivity contribution in [2.24, 2.45) is 0 Å². The summed E-state index contributed by atoms with van der Waals surface area (Å²) in [6.07, 6.45) is 4.56. The molecule has 1 aromatic heterocycles. The highest BCUT2D eigenvalue weighted by Crippen LogP contribution is 2.34. The SMILES string of the molecule is BrCCN(c1ccnc2ccccc12)C1CC1. The first-order chi connectivity index (χ1) is 8.40. The largest absolute Gasteiger partial charge is 0.367 e. The number of rotatable bonds is 4. The number of anilines is 1. The van der Waals surface area contributed by atoms with Gasteiger partial charge in [-0.25, -0.2) is 0 Å². The van der Waals surface area contributed by atoms with Crippen LogP contribution in [0.2, 0.25) is 0 Å². The summed E-state index contributed by atoms with van der Waals surface area (Å²) in [5, 5.41) is 2.28. The van der Waals surface area contributed by atoms with E-state index in [-0.39, 0.29) is 0 Å². The van der Waals surface area contributed by atoms with Gasteiger partial charge in [0.25, 0.3) is 0 Å². The Morgan fingerprint density at radius 3 is 2.82 bits per heavy atom. The Morgan fingerprint density at radius 1 is 1.24 bits per heavy atom. The molecule has 3 rings (SSSR count). The molecular formula is C14H15BrN2. The van der Waals surface area contributed by atoms with Gasteiger partial charge in [-0.05, 0) is 25.0 Å². The zero-order valence-electron chi connectivity index (χ0n) is 9.64. The van der Waals surface area contributed by atoms with E-state index in [0.29, 0.717) is 0 Å². The van der Waals surface area contributed by atoms with Crippen molar-refractivity contribution in [1.82, 2.24) is 4.98 Å². The Hall–Kier alpha value is -1.09. The van der Waals surface area contributed by atoms with Gasteiger partial charge in [0.05, 0.1) is 5.52 Å². The minimum Gasteiger partial charge on any atom is -0.367 e. The van der Waals surface area contributed by atoms with Gasteiger partial charge in [-0.3, -0.25) is 4.98 Å². The molecule has 0 radical (unpaired) electrons. The maximum Gasteiger partial charge on any atom is 0.0722 e. The van der Waals surface area contributed by atoms with Crippen molar-refractivity contribution in [2.45, 2.75) is 18.9 Å². The fraction of sp³-hybridized carbons (Fsp3) is 0.357. The number of fused-ring (bicyclic) bond motifs is 1. The summed E-state index contributed by atoms with van der Waals surface area (Å²) in [4.78, 5) is 6.94. The number of hydrogen-bond acceptors (Lipinski definition) is 2. The van der Waals surface area contributed by atoms with Crippen LogP contribution in [0.5, 0.6) is 0 Å². The fourth-order valence-corrected chi connectivity index (χ4v) is 2.69. The topological polar surface area (TPSA) is 16.1 Å². The van der Waals surface area contributed by atoms with Gasteiger partial charge in [0.1, 0.15) is 0 Å². The zero-order valence-corrected chi connectivity index (χ0v) is 11.2. The monoisotopic (exact) mass is 290 g/mol. The van der Waals surface area contributed by atoms with Crippen LogP contribution in [0.15, 0.2) is 36.5 Å². The summed E-state index contributed by atoms with van der Waals surface area (Å²) in [6, 6.07) is 11.3. The van der Waals surface area contributed by atoms with Crippen LogP contribution in [0.1, 0.15) is 12.8 Å². The van der Waals surface area contributed by atoms with Crippen molar-refractivity contribution >= 4 is 32.5 Å². The van der Waals surface area contributed by atoms with Gasteiger partial charge in [-0.2, -0.15) is 0 Å². The van der Waals surface area contributed by atoms with Crippen LogP contribution in [0, 0.1) is 0 Å². The molecule has 0 bridgehead atoms. The second-order valence-corrected chi connectivity index (χ2v) is 5.25. The highest BCUT2D eigenvalue weighted by atomic mass is 79.9. The first kappa shape index (κ1) is 11.0. The summed E-state index contributed by atoms with van der Waals surface area (Å²) in [6.45, 7) is 1.07. The van der Waals surface area contributed by atoms with Crippen LogP contribution < -0.4 is 4.90 Å². The second-order valence-electron chi connectivity index (χ2n) is 4.46. The molecule has 0 amide bonds.